The minimum absolute atomic E-state index is 0.0268. The molecule has 24 heavy (non-hydrogen) atoms. The second-order valence-electron chi connectivity index (χ2n) is 7.54. The van der Waals surface area contributed by atoms with E-state index in [4.69, 9.17) is 9.47 Å². The van der Waals surface area contributed by atoms with Crippen LogP contribution in [0, 0.1) is 23.7 Å². The van der Waals surface area contributed by atoms with Gasteiger partial charge >= 0.3 is 18.1 Å². The second kappa shape index (κ2) is 5.77. The van der Waals surface area contributed by atoms with Crippen LogP contribution >= 0.6 is 0 Å². The van der Waals surface area contributed by atoms with Gasteiger partial charge in [-0.1, -0.05) is 6.58 Å². The van der Waals surface area contributed by atoms with Crippen LogP contribution in [-0.2, 0) is 19.1 Å². The predicted octanol–water partition coefficient (Wildman–Crippen LogP) is 3.41. The first-order valence-electron chi connectivity index (χ1n) is 8.23. The van der Waals surface area contributed by atoms with Crippen molar-refractivity contribution < 1.29 is 32.2 Å². The topological polar surface area (TPSA) is 52.6 Å². The number of ether oxygens (including phenoxy) is 2. The molecule has 3 atom stereocenters. The minimum atomic E-state index is -5.01. The van der Waals surface area contributed by atoms with Gasteiger partial charge in [-0.25, -0.2) is 9.59 Å². The zero-order valence-corrected chi connectivity index (χ0v) is 13.5. The molecule has 3 unspecified atom stereocenters. The van der Waals surface area contributed by atoms with Crippen LogP contribution in [-0.4, -0.2) is 30.3 Å². The zero-order valence-electron chi connectivity index (χ0n) is 13.5. The zero-order chi connectivity index (χ0) is 17.7. The fourth-order valence-corrected chi connectivity index (χ4v) is 5.05. The normalized spacial score (nSPS) is 37.2. The first-order chi connectivity index (χ1) is 11.1. The minimum Gasteiger partial charge on any atom is -0.462 e. The molecule has 0 N–H and O–H groups in total. The van der Waals surface area contributed by atoms with Crippen molar-refractivity contribution in [2.45, 2.75) is 50.8 Å². The summed E-state index contributed by atoms with van der Waals surface area (Å²) in [6.45, 7) is 4.99. The molecule has 134 valence electrons. The van der Waals surface area contributed by atoms with Gasteiger partial charge in [0.25, 0.3) is 0 Å². The van der Waals surface area contributed by atoms with Crippen LogP contribution in [0.3, 0.4) is 0 Å². The highest BCUT2D eigenvalue weighted by molar-refractivity contribution is 5.86. The van der Waals surface area contributed by atoms with Crippen molar-refractivity contribution in [1.29, 1.82) is 0 Å². The molecule has 0 spiro atoms. The number of hydrogen-bond acceptors (Lipinski definition) is 4. The third kappa shape index (κ3) is 3.05. The molecule has 0 aromatic carbocycles. The van der Waals surface area contributed by atoms with Gasteiger partial charge in [0.1, 0.15) is 5.60 Å². The van der Waals surface area contributed by atoms with Gasteiger partial charge in [0, 0.05) is 11.5 Å². The lowest BCUT2D eigenvalue weighted by molar-refractivity contribution is -0.247. The van der Waals surface area contributed by atoms with Crippen molar-refractivity contribution in [3.05, 3.63) is 12.2 Å². The average molecular weight is 346 g/mol. The first kappa shape index (κ1) is 17.3. The molecule has 4 rings (SSSR count). The molecular formula is C17H21F3O4. The highest BCUT2D eigenvalue weighted by atomic mass is 19.4. The van der Waals surface area contributed by atoms with E-state index in [9.17, 15) is 22.8 Å². The van der Waals surface area contributed by atoms with E-state index in [1.165, 1.54) is 6.92 Å². The average Bonchev–Trinajstić information content (AvgIpc) is 2.43. The van der Waals surface area contributed by atoms with Crippen LogP contribution in [0.4, 0.5) is 13.2 Å². The second-order valence-corrected chi connectivity index (χ2v) is 7.54. The van der Waals surface area contributed by atoms with E-state index in [0.29, 0.717) is 12.8 Å². The molecule has 0 aliphatic heterocycles. The standard InChI is InChI=1S/C17H21F3O4/c1-9(2)14(21)23-8-13-12-4-10-3-11(5-12)7-16(13,6-10)24-15(22)17(18,19)20/h10-13H,1,3-8H2,2H3. The van der Waals surface area contributed by atoms with Crippen molar-refractivity contribution >= 4 is 11.9 Å². The molecule has 0 amide bonds. The maximum Gasteiger partial charge on any atom is 0.490 e. The Morgan fingerprint density at radius 1 is 1.17 bits per heavy atom. The van der Waals surface area contributed by atoms with Crippen LogP contribution in [0.15, 0.2) is 12.2 Å². The molecule has 4 nitrogen and oxygen atoms in total. The van der Waals surface area contributed by atoms with Gasteiger partial charge in [-0.2, -0.15) is 13.2 Å². The van der Waals surface area contributed by atoms with Crippen molar-refractivity contribution in [2.75, 3.05) is 6.61 Å². The molecule has 0 radical (unpaired) electrons. The summed E-state index contributed by atoms with van der Waals surface area (Å²) >= 11 is 0. The molecule has 0 aromatic heterocycles. The first-order valence-corrected chi connectivity index (χ1v) is 8.23. The van der Waals surface area contributed by atoms with Crippen molar-refractivity contribution in [3.63, 3.8) is 0 Å². The smallest absolute Gasteiger partial charge is 0.462 e. The van der Waals surface area contributed by atoms with Gasteiger partial charge in [-0.3, -0.25) is 0 Å². The van der Waals surface area contributed by atoms with Crippen molar-refractivity contribution in [2.24, 2.45) is 23.7 Å². The fraction of sp³-hybridized carbons (Fsp3) is 0.765. The fourth-order valence-electron chi connectivity index (χ4n) is 5.05. The monoisotopic (exact) mass is 346 g/mol. The van der Waals surface area contributed by atoms with Crippen LogP contribution in [0.25, 0.3) is 0 Å². The highest BCUT2D eigenvalue weighted by Gasteiger charge is 2.61. The van der Waals surface area contributed by atoms with E-state index in [1.807, 2.05) is 0 Å². The molecule has 4 bridgehead atoms. The molecular weight excluding hydrogens is 325 g/mol. The number of carbonyl (C=O) groups excluding carboxylic acids is 2. The SMILES string of the molecule is C=C(C)C(=O)OCC1C2CC3CC(C2)CC1(OC(=O)C(F)(F)F)C3. The van der Waals surface area contributed by atoms with Gasteiger partial charge in [0.15, 0.2) is 0 Å². The Labute approximate surface area is 138 Å². The summed E-state index contributed by atoms with van der Waals surface area (Å²) in [5.74, 6) is -2.37. The van der Waals surface area contributed by atoms with Gasteiger partial charge in [-0.15, -0.1) is 0 Å². The number of hydrogen-bond donors (Lipinski definition) is 0. The number of carbonyl (C=O) groups is 2. The third-order valence-corrected chi connectivity index (χ3v) is 5.72. The van der Waals surface area contributed by atoms with Crippen LogP contribution < -0.4 is 0 Å². The lowest BCUT2D eigenvalue weighted by Crippen LogP contribution is -2.61. The van der Waals surface area contributed by atoms with Gasteiger partial charge < -0.3 is 9.47 Å². The highest BCUT2D eigenvalue weighted by Crippen LogP contribution is 2.60. The molecule has 0 aromatic rings. The van der Waals surface area contributed by atoms with E-state index in [2.05, 4.69) is 6.58 Å². The Hall–Kier alpha value is -1.53. The molecule has 7 heteroatoms. The predicted molar refractivity (Wildman–Crippen MR) is 77.7 cm³/mol. The van der Waals surface area contributed by atoms with Gasteiger partial charge in [0.05, 0.1) is 6.61 Å². The molecule has 4 aliphatic rings. The van der Waals surface area contributed by atoms with E-state index in [-0.39, 0.29) is 35.9 Å². The van der Waals surface area contributed by atoms with Crippen LogP contribution in [0.5, 0.6) is 0 Å². The lowest BCUT2D eigenvalue weighted by Gasteiger charge is -2.59. The molecule has 0 saturated heterocycles. The van der Waals surface area contributed by atoms with E-state index in [0.717, 1.165) is 19.3 Å². The Morgan fingerprint density at radius 3 is 2.25 bits per heavy atom. The van der Waals surface area contributed by atoms with Crippen molar-refractivity contribution in [3.8, 4) is 0 Å². The summed E-state index contributed by atoms with van der Waals surface area (Å²) in [6, 6.07) is 0. The van der Waals surface area contributed by atoms with E-state index in [1.54, 1.807) is 0 Å². The Kier molecular flexibility index (Phi) is 4.16. The van der Waals surface area contributed by atoms with Crippen LogP contribution in [0.2, 0.25) is 0 Å². The molecule has 4 fully saturated rings. The maximum absolute atomic E-state index is 12.7. The lowest BCUT2D eigenvalue weighted by atomic mass is 9.50. The van der Waals surface area contributed by atoms with E-state index < -0.39 is 23.7 Å². The Morgan fingerprint density at radius 2 is 1.75 bits per heavy atom. The summed E-state index contributed by atoms with van der Waals surface area (Å²) in [5, 5.41) is 0. The molecule has 4 aliphatic carbocycles. The number of rotatable bonds is 4. The van der Waals surface area contributed by atoms with Gasteiger partial charge in [0.2, 0.25) is 0 Å². The number of esters is 2. The third-order valence-electron chi connectivity index (χ3n) is 5.72. The molecule has 0 heterocycles. The summed E-state index contributed by atoms with van der Waals surface area (Å²) in [7, 11) is 0. The molecule has 4 saturated carbocycles. The summed E-state index contributed by atoms with van der Waals surface area (Å²) in [6.07, 6.45) is -1.37. The largest absolute Gasteiger partial charge is 0.490 e. The van der Waals surface area contributed by atoms with E-state index >= 15 is 0 Å². The quantitative estimate of drug-likeness (QED) is 0.578. The Bertz CT molecular complexity index is 555. The number of halogens is 3. The summed E-state index contributed by atoms with van der Waals surface area (Å²) in [5.41, 5.74) is -0.920. The Balaban J connectivity index is 1.80. The maximum atomic E-state index is 12.7. The van der Waals surface area contributed by atoms with Gasteiger partial charge in [-0.05, 0) is 56.8 Å². The van der Waals surface area contributed by atoms with Crippen LogP contribution in [0.1, 0.15) is 39.0 Å². The summed E-state index contributed by atoms with van der Waals surface area (Å²) in [4.78, 5) is 23.1. The number of alkyl halides is 3. The summed E-state index contributed by atoms with van der Waals surface area (Å²) < 4.78 is 48.4. The van der Waals surface area contributed by atoms with Crippen molar-refractivity contribution in [1.82, 2.24) is 0 Å².